The van der Waals surface area contributed by atoms with Gasteiger partial charge in [-0.1, -0.05) is 41.9 Å². The van der Waals surface area contributed by atoms with Crippen molar-refractivity contribution in [3.63, 3.8) is 0 Å². The lowest BCUT2D eigenvalue weighted by Crippen LogP contribution is -2.49. The summed E-state index contributed by atoms with van der Waals surface area (Å²) in [6.45, 7) is 3.00. The fourth-order valence-corrected chi connectivity index (χ4v) is 6.41. The number of rotatable bonds is 7. The number of benzene rings is 3. The molecule has 1 atom stereocenters. The minimum absolute atomic E-state index is 0.0767. The van der Waals surface area contributed by atoms with E-state index in [0.717, 1.165) is 15.7 Å². The first-order valence-corrected chi connectivity index (χ1v) is 13.6. The van der Waals surface area contributed by atoms with Gasteiger partial charge in [0.05, 0.1) is 30.2 Å². The van der Waals surface area contributed by atoms with Crippen LogP contribution in [0.2, 0.25) is 5.02 Å². The molecule has 188 valence electrons. The zero-order valence-corrected chi connectivity index (χ0v) is 21.1. The summed E-state index contributed by atoms with van der Waals surface area (Å²) in [5.74, 6) is -1.01. The molecule has 0 spiro atoms. The van der Waals surface area contributed by atoms with Crippen LogP contribution in [0.4, 0.5) is 5.69 Å². The van der Waals surface area contributed by atoms with Crippen molar-refractivity contribution in [3.05, 3.63) is 71.8 Å². The first kappa shape index (κ1) is 24.9. The number of hydrogen-bond donors (Lipinski definition) is 0. The Labute approximate surface area is 215 Å². The van der Waals surface area contributed by atoms with Gasteiger partial charge in [0.15, 0.2) is 0 Å². The third kappa shape index (κ3) is 4.89. The first-order chi connectivity index (χ1) is 17.3. The number of nitrogens with zero attached hydrogens (tertiary/aromatic N) is 3. The topological polar surface area (TPSA) is 87.2 Å². The van der Waals surface area contributed by atoms with E-state index in [9.17, 15) is 18.0 Å². The summed E-state index contributed by atoms with van der Waals surface area (Å²) in [5.41, 5.74) is 0.369. The number of halogens is 1. The Kier molecular flexibility index (Phi) is 7.09. The van der Waals surface area contributed by atoms with Crippen LogP contribution in [0.15, 0.2) is 71.6 Å². The number of morpholine rings is 1. The molecule has 2 aliphatic rings. The molecule has 10 heteroatoms. The predicted molar refractivity (Wildman–Crippen MR) is 137 cm³/mol. The minimum Gasteiger partial charge on any atom is -0.379 e. The monoisotopic (exact) mass is 527 g/mol. The molecule has 8 nitrogen and oxygen atoms in total. The number of carbonyl (C=O) groups is 2. The van der Waals surface area contributed by atoms with Crippen LogP contribution in [0.1, 0.15) is 6.42 Å². The number of hydrogen-bond acceptors (Lipinski definition) is 6. The summed E-state index contributed by atoms with van der Waals surface area (Å²) in [6, 6.07) is 17.6. The summed E-state index contributed by atoms with van der Waals surface area (Å²) in [4.78, 5) is 29.7. The van der Waals surface area contributed by atoms with Crippen LogP contribution in [0.25, 0.3) is 10.8 Å². The van der Waals surface area contributed by atoms with Gasteiger partial charge in [-0.2, -0.15) is 4.31 Å². The van der Waals surface area contributed by atoms with Gasteiger partial charge in [0, 0.05) is 31.2 Å². The van der Waals surface area contributed by atoms with Crippen LogP contribution < -0.4 is 4.90 Å². The number of sulfonamides is 1. The maximum Gasteiger partial charge on any atom is 0.252 e. The number of ether oxygens (including phenoxy) is 1. The van der Waals surface area contributed by atoms with E-state index in [1.54, 1.807) is 42.5 Å². The summed E-state index contributed by atoms with van der Waals surface area (Å²) < 4.78 is 34.5. The molecule has 0 radical (unpaired) electrons. The van der Waals surface area contributed by atoms with Crippen molar-refractivity contribution in [2.45, 2.75) is 17.4 Å². The Hall–Kier alpha value is -2.82. The molecule has 3 aromatic carbocycles. The van der Waals surface area contributed by atoms with Gasteiger partial charge in [0.1, 0.15) is 6.04 Å². The fourth-order valence-electron chi connectivity index (χ4n) is 4.67. The van der Waals surface area contributed by atoms with Gasteiger partial charge in [0.25, 0.3) is 5.91 Å². The number of amides is 2. The van der Waals surface area contributed by atoms with Gasteiger partial charge >= 0.3 is 0 Å². The molecule has 2 aliphatic heterocycles. The second kappa shape index (κ2) is 10.3. The van der Waals surface area contributed by atoms with E-state index in [2.05, 4.69) is 4.90 Å². The number of imide groups is 1. The highest BCUT2D eigenvalue weighted by molar-refractivity contribution is 7.89. The highest BCUT2D eigenvalue weighted by atomic mass is 35.5. The maximum atomic E-state index is 14.0. The quantitative estimate of drug-likeness (QED) is 0.439. The molecule has 0 saturated carbocycles. The van der Waals surface area contributed by atoms with Crippen LogP contribution in [-0.4, -0.2) is 74.9 Å². The molecule has 0 aliphatic carbocycles. The summed E-state index contributed by atoms with van der Waals surface area (Å²) >= 11 is 5.96. The van der Waals surface area contributed by atoms with Gasteiger partial charge in [-0.3, -0.25) is 14.5 Å². The standard InChI is InChI=1S/C26H26ClN3O5S/c27-21-6-8-22(9-7-21)30-25(31)18-24(26(30)32)29(12-11-28-13-15-35-16-14-28)36(33,34)23-10-5-19-3-1-2-4-20(19)17-23/h1-10,17,24H,11-16,18H2. The first-order valence-electron chi connectivity index (χ1n) is 11.8. The smallest absolute Gasteiger partial charge is 0.252 e. The van der Waals surface area contributed by atoms with Crippen molar-refractivity contribution in [2.24, 2.45) is 0 Å². The van der Waals surface area contributed by atoms with Gasteiger partial charge in [-0.05, 0) is 47.2 Å². The summed E-state index contributed by atoms with van der Waals surface area (Å²) in [5, 5.41) is 2.17. The van der Waals surface area contributed by atoms with Crippen LogP contribution >= 0.6 is 11.6 Å². The number of fused-ring (bicyclic) bond motifs is 1. The van der Waals surface area contributed by atoms with Crippen LogP contribution in [0, 0.1) is 0 Å². The van der Waals surface area contributed by atoms with Crippen LogP contribution in [-0.2, 0) is 24.3 Å². The summed E-state index contributed by atoms with van der Waals surface area (Å²) in [6.07, 6.45) is -0.225. The Morgan fingerprint density at radius 3 is 2.36 bits per heavy atom. The Bertz CT molecular complexity index is 1390. The van der Waals surface area contributed by atoms with Crippen molar-refractivity contribution in [3.8, 4) is 0 Å². The predicted octanol–water partition coefficient (Wildman–Crippen LogP) is 3.15. The normalized spacial score (nSPS) is 19.5. The third-order valence-electron chi connectivity index (χ3n) is 6.62. The minimum atomic E-state index is -4.09. The lowest BCUT2D eigenvalue weighted by molar-refractivity contribution is -0.122. The van der Waals surface area contributed by atoms with Crippen LogP contribution in [0.3, 0.4) is 0 Å². The zero-order valence-electron chi connectivity index (χ0n) is 19.5. The second-order valence-electron chi connectivity index (χ2n) is 8.84. The molecule has 0 bridgehead atoms. The second-order valence-corrected chi connectivity index (χ2v) is 11.2. The molecule has 36 heavy (non-hydrogen) atoms. The molecule has 0 N–H and O–H groups in total. The molecular formula is C26H26ClN3O5S. The molecule has 0 aromatic heterocycles. The molecule has 2 heterocycles. The third-order valence-corrected chi connectivity index (χ3v) is 8.78. The van der Waals surface area contributed by atoms with Crippen LogP contribution in [0.5, 0.6) is 0 Å². The van der Waals surface area contributed by atoms with Crippen molar-refractivity contribution in [2.75, 3.05) is 44.3 Å². The van der Waals surface area contributed by atoms with Crippen molar-refractivity contribution in [1.29, 1.82) is 0 Å². The molecule has 1 unspecified atom stereocenters. The largest absolute Gasteiger partial charge is 0.379 e. The summed E-state index contributed by atoms with van der Waals surface area (Å²) in [7, 11) is -4.09. The highest BCUT2D eigenvalue weighted by Crippen LogP contribution is 2.31. The number of carbonyl (C=O) groups excluding carboxylic acids is 2. The molecule has 3 aromatic rings. The van der Waals surface area contributed by atoms with E-state index < -0.39 is 27.9 Å². The lowest BCUT2D eigenvalue weighted by atomic mass is 10.1. The molecule has 5 rings (SSSR count). The Morgan fingerprint density at radius 2 is 1.64 bits per heavy atom. The van der Waals surface area contributed by atoms with Gasteiger partial charge < -0.3 is 4.74 Å². The lowest BCUT2D eigenvalue weighted by Gasteiger charge is -2.31. The highest BCUT2D eigenvalue weighted by Gasteiger charge is 2.47. The van der Waals surface area contributed by atoms with Gasteiger partial charge in [0.2, 0.25) is 15.9 Å². The van der Waals surface area contributed by atoms with Gasteiger partial charge in [-0.25, -0.2) is 13.3 Å². The Morgan fingerprint density at radius 1 is 0.944 bits per heavy atom. The van der Waals surface area contributed by atoms with E-state index in [1.807, 2.05) is 24.3 Å². The average Bonchev–Trinajstić information content (AvgIpc) is 3.18. The maximum absolute atomic E-state index is 14.0. The Balaban J connectivity index is 1.49. The fraction of sp³-hybridized carbons (Fsp3) is 0.308. The van der Waals surface area contributed by atoms with E-state index >= 15 is 0 Å². The van der Waals surface area contributed by atoms with E-state index in [4.69, 9.17) is 16.3 Å². The van der Waals surface area contributed by atoms with E-state index in [1.165, 1.54) is 4.31 Å². The van der Waals surface area contributed by atoms with Crippen molar-refractivity contribution >= 4 is 49.9 Å². The SMILES string of the molecule is O=C1CC(N(CCN2CCOCC2)S(=O)(=O)c2ccc3ccccc3c2)C(=O)N1c1ccc(Cl)cc1. The molecular weight excluding hydrogens is 502 g/mol. The average molecular weight is 528 g/mol. The van der Waals surface area contributed by atoms with E-state index in [-0.39, 0.29) is 17.9 Å². The molecule has 2 saturated heterocycles. The molecule has 2 fully saturated rings. The number of anilines is 1. The zero-order chi connectivity index (χ0) is 25.3. The van der Waals surface area contributed by atoms with Gasteiger partial charge in [-0.15, -0.1) is 0 Å². The van der Waals surface area contributed by atoms with Crippen molar-refractivity contribution in [1.82, 2.24) is 9.21 Å². The van der Waals surface area contributed by atoms with Crippen molar-refractivity contribution < 1.29 is 22.7 Å². The molecule has 2 amide bonds. The van der Waals surface area contributed by atoms with E-state index in [0.29, 0.717) is 43.6 Å².